The van der Waals surface area contributed by atoms with Crippen molar-refractivity contribution in [2.24, 2.45) is 0 Å². The predicted octanol–water partition coefficient (Wildman–Crippen LogP) is 9.78. The van der Waals surface area contributed by atoms with Gasteiger partial charge in [0.25, 0.3) is 0 Å². The van der Waals surface area contributed by atoms with E-state index < -0.39 is 11.2 Å². The van der Waals surface area contributed by atoms with Gasteiger partial charge in [0.15, 0.2) is 0 Å². The molecule has 1 saturated carbocycles. The summed E-state index contributed by atoms with van der Waals surface area (Å²) in [5.74, 6) is -0.693. The van der Waals surface area contributed by atoms with Crippen molar-refractivity contribution in [3.05, 3.63) is 0 Å². The van der Waals surface area contributed by atoms with Crippen molar-refractivity contribution in [1.82, 2.24) is 0 Å². The normalized spacial score (nSPS) is 21.9. The lowest BCUT2D eigenvalue weighted by molar-refractivity contribution is -0.155. The minimum absolute atomic E-state index is 0.346. The summed E-state index contributed by atoms with van der Waals surface area (Å²) in [7, 11) is 0. The highest BCUT2D eigenvalue weighted by Gasteiger charge is 2.81. The molecule has 5 nitrogen and oxygen atoms in total. The third-order valence-electron chi connectivity index (χ3n) is 8.89. The average Bonchev–Trinajstić information content (AvgIpc) is 3.66. The Morgan fingerprint density at radius 2 is 0.769 bits per heavy atom. The average molecular weight is 551 g/mol. The second-order valence-electron chi connectivity index (χ2n) is 12.3. The van der Waals surface area contributed by atoms with Crippen LogP contribution >= 0.6 is 0 Å². The molecule has 2 fully saturated rings. The Morgan fingerprint density at radius 1 is 0.487 bits per heavy atom. The van der Waals surface area contributed by atoms with Crippen molar-refractivity contribution in [2.75, 3.05) is 13.2 Å². The van der Waals surface area contributed by atoms with Crippen molar-refractivity contribution in [1.29, 1.82) is 0 Å². The van der Waals surface area contributed by atoms with Crippen LogP contribution in [0.4, 0.5) is 0 Å². The molecule has 0 amide bonds. The molecule has 2 rings (SSSR count). The summed E-state index contributed by atoms with van der Waals surface area (Å²) in [6.45, 7) is 5.36. The Hall–Kier alpha value is -1.10. The van der Waals surface area contributed by atoms with E-state index in [0.29, 0.717) is 26.1 Å². The molecule has 0 aromatic heterocycles. The van der Waals surface area contributed by atoms with E-state index >= 15 is 0 Å². The minimum atomic E-state index is -1.09. The van der Waals surface area contributed by atoms with Gasteiger partial charge in [0.2, 0.25) is 11.2 Å². The van der Waals surface area contributed by atoms with E-state index in [0.717, 1.165) is 38.5 Å². The molecule has 0 aromatic carbocycles. The van der Waals surface area contributed by atoms with Crippen LogP contribution in [0.15, 0.2) is 0 Å². The minimum Gasteiger partial charge on any atom is -0.463 e. The van der Waals surface area contributed by atoms with Crippen LogP contribution in [-0.4, -0.2) is 36.4 Å². The molecule has 0 radical (unpaired) electrons. The molecule has 0 N–H and O–H groups in total. The van der Waals surface area contributed by atoms with E-state index in [-0.39, 0.29) is 11.9 Å². The summed E-state index contributed by atoms with van der Waals surface area (Å²) >= 11 is 0. The number of fused-ring (bicyclic) bond motifs is 1. The van der Waals surface area contributed by atoms with Gasteiger partial charge in [-0.15, -0.1) is 0 Å². The number of hydrogen-bond acceptors (Lipinski definition) is 5. The summed E-state index contributed by atoms with van der Waals surface area (Å²) < 4.78 is 17.2. The molecule has 2 aliphatic rings. The monoisotopic (exact) mass is 550 g/mol. The first-order valence-electron chi connectivity index (χ1n) is 17.2. The van der Waals surface area contributed by atoms with E-state index in [1.807, 2.05) is 0 Å². The van der Waals surface area contributed by atoms with E-state index in [1.54, 1.807) is 0 Å². The van der Waals surface area contributed by atoms with E-state index in [1.165, 1.54) is 116 Å². The fourth-order valence-electron chi connectivity index (χ4n) is 6.24. The quantitative estimate of drug-likeness (QED) is 0.0609. The van der Waals surface area contributed by atoms with Gasteiger partial charge >= 0.3 is 11.9 Å². The molecular formula is C34H62O5. The fraction of sp³-hybridized carbons (Fsp3) is 0.941. The van der Waals surface area contributed by atoms with Gasteiger partial charge in [0.1, 0.15) is 0 Å². The lowest BCUT2D eigenvalue weighted by Crippen LogP contribution is -2.44. The Balaban J connectivity index is 1.51. The van der Waals surface area contributed by atoms with Crippen LogP contribution in [0.3, 0.4) is 0 Å². The number of rotatable bonds is 26. The van der Waals surface area contributed by atoms with Gasteiger partial charge in [-0.2, -0.15) is 0 Å². The van der Waals surface area contributed by atoms with Crippen LogP contribution in [0.1, 0.15) is 181 Å². The molecule has 39 heavy (non-hydrogen) atoms. The topological polar surface area (TPSA) is 65.1 Å². The van der Waals surface area contributed by atoms with Gasteiger partial charge in [-0.05, 0) is 38.5 Å². The zero-order valence-corrected chi connectivity index (χ0v) is 25.8. The fourth-order valence-corrected chi connectivity index (χ4v) is 6.24. The molecule has 0 spiro atoms. The predicted molar refractivity (Wildman–Crippen MR) is 160 cm³/mol. The van der Waals surface area contributed by atoms with E-state index in [9.17, 15) is 9.59 Å². The lowest BCUT2D eigenvalue weighted by Gasteiger charge is -2.22. The number of ether oxygens (including phenoxy) is 3. The van der Waals surface area contributed by atoms with Crippen molar-refractivity contribution >= 4 is 11.9 Å². The molecule has 1 aliphatic heterocycles. The number of carbonyl (C=O) groups excluding carboxylic acids is 2. The molecule has 0 aromatic rings. The molecule has 1 saturated heterocycles. The van der Waals surface area contributed by atoms with Crippen LogP contribution in [0, 0.1) is 0 Å². The van der Waals surface area contributed by atoms with Crippen LogP contribution < -0.4 is 0 Å². The lowest BCUT2D eigenvalue weighted by atomic mass is 9.79. The maximum absolute atomic E-state index is 13.0. The Labute approximate surface area is 240 Å². The van der Waals surface area contributed by atoms with Gasteiger partial charge in [-0.1, -0.05) is 142 Å². The number of hydrogen-bond donors (Lipinski definition) is 0. The van der Waals surface area contributed by atoms with E-state index in [4.69, 9.17) is 14.2 Å². The smallest absolute Gasteiger partial charge is 0.342 e. The zero-order valence-electron chi connectivity index (χ0n) is 25.8. The second-order valence-corrected chi connectivity index (χ2v) is 12.3. The first-order chi connectivity index (χ1) is 19.1. The molecule has 2 unspecified atom stereocenters. The van der Waals surface area contributed by atoms with Crippen LogP contribution in [-0.2, 0) is 23.8 Å². The number of carbonyl (C=O) groups is 2. The van der Waals surface area contributed by atoms with Gasteiger partial charge in [-0.3, -0.25) is 0 Å². The molecule has 1 aliphatic carbocycles. The highest BCUT2D eigenvalue weighted by atomic mass is 16.7. The molecule has 0 bridgehead atoms. The highest BCUT2D eigenvalue weighted by Crippen LogP contribution is 2.59. The first-order valence-corrected chi connectivity index (χ1v) is 17.2. The van der Waals surface area contributed by atoms with Gasteiger partial charge in [-0.25, -0.2) is 9.59 Å². The first kappa shape index (κ1) is 34.1. The van der Waals surface area contributed by atoms with Crippen LogP contribution in [0.5, 0.6) is 0 Å². The van der Waals surface area contributed by atoms with E-state index in [2.05, 4.69) is 13.8 Å². The summed E-state index contributed by atoms with van der Waals surface area (Å²) in [6.07, 6.45) is 30.7. The van der Waals surface area contributed by atoms with Crippen LogP contribution in [0.25, 0.3) is 0 Å². The number of esters is 2. The summed E-state index contributed by atoms with van der Waals surface area (Å²) in [6, 6.07) is 0. The third kappa shape index (κ3) is 12.1. The SMILES string of the molecule is CCCCCCCCCCCCCOC(=O)C12CCCCC1(C(=O)OCCCCCCCCCCCCC)O2. The Kier molecular flexibility index (Phi) is 18.1. The zero-order chi connectivity index (χ0) is 28.1. The molecule has 1 heterocycles. The van der Waals surface area contributed by atoms with Gasteiger partial charge < -0.3 is 14.2 Å². The van der Waals surface area contributed by atoms with Crippen molar-refractivity contribution in [3.8, 4) is 0 Å². The highest BCUT2D eigenvalue weighted by molar-refractivity contribution is 5.98. The Bertz CT molecular complexity index is 595. The summed E-state index contributed by atoms with van der Waals surface area (Å²) in [5.41, 5.74) is -2.17. The molecule has 5 heteroatoms. The maximum atomic E-state index is 13.0. The van der Waals surface area contributed by atoms with Crippen molar-refractivity contribution in [2.45, 2.75) is 192 Å². The molecule has 2 atom stereocenters. The summed E-state index contributed by atoms with van der Waals surface area (Å²) in [4.78, 5) is 25.9. The maximum Gasteiger partial charge on any atom is 0.342 e. The van der Waals surface area contributed by atoms with Crippen molar-refractivity contribution < 1.29 is 23.8 Å². The van der Waals surface area contributed by atoms with Gasteiger partial charge in [0.05, 0.1) is 13.2 Å². The second kappa shape index (κ2) is 20.7. The summed E-state index contributed by atoms with van der Waals surface area (Å²) in [5, 5.41) is 0. The van der Waals surface area contributed by atoms with Gasteiger partial charge in [0, 0.05) is 0 Å². The number of epoxide rings is 1. The standard InChI is InChI=1S/C34H62O5/c1-3-5-7-9-11-13-15-17-19-21-25-29-37-31(35)33-27-23-24-28-34(33,39-33)32(36)38-30-26-22-20-18-16-14-12-10-8-6-4-2/h3-30H2,1-2H3. The largest absolute Gasteiger partial charge is 0.463 e. The Morgan fingerprint density at radius 3 is 1.08 bits per heavy atom. The third-order valence-corrected chi connectivity index (χ3v) is 8.89. The molecule has 228 valence electrons. The van der Waals surface area contributed by atoms with Crippen molar-refractivity contribution in [3.63, 3.8) is 0 Å². The molecular weight excluding hydrogens is 488 g/mol. The number of unbranched alkanes of at least 4 members (excludes halogenated alkanes) is 20. The van der Waals surface area contributed by atoms with Crippen LogP contribution in [0.2, 0.25) is 0 Å².